The molecule has 13 heteroatoms. The predicted octanol–water partition coefficient (Wildman–Crippen LogP) is 0.330. The van der Waals surface area contributed by atoms with Gasteiger partial charge in [0.15, 0.2) is 11.9 Å². The van der Waals surface area contributed by atoms with Crippen LogP contribution in [0.25, 0.3) is 0 Å². The second-order valence-corrected chi connectivity index (χ2v) is 11.6. The number of amides is 5. The number of rotatable bonds is 12. The molecular weight excluding hydrogens is 570 g/mol. The van der Waals surface area contributed by atoms with Crippen LogP contribution in [0.4, 0.5) is 4.79 Å². The summed E-state index contributed by atoms with van der Waals surface area (Å²) in [6, 6.07) is 13.5. The number of primary amides is 1. The Hall–Kier alpha value is -4.78. The molecule has 2 aromatic carbocycles. The van der Waals surface area contributed by atoms with E-state index in [1.807, 2.05) is 0 Å². The lowest BCUT2D eigenvalue weighted by Gasteiger charge is -2.32. The molecule has 0 unspecified atom stereocenters. The van der Waals surface area contributed by atoms with Gasteiger partial charge in [0, 0.05) is 12.0 Å². The summed E-state index contributed by atoms with van der Waals surface area (Å²) in [4.78, 5) is 77.4. The number of hydrogen-bond acceptors (Lipinski definition) is 8. The molecule has 0 saturated carbocycles. The van der Waals surface area contributed by atoms with Gasteiger partial charge in [0.05, 0.1) is 19.0 Å². The Bertz CT molecular complexity index is 1350. The number of nitrogens with one attached hydrogen (secondary N) is 3. The van der Waals surface area contributed by atoms with Gasteiger partial charge in [-0.25, -0.2) is 4.79 Å². The van der Waals surface area contributed by atoms with Gasteiger partial charge < -0.3 is 36.4 Å². The van der Waals surface area contributed by atoms with E-state index < -0.39 is 65.9 Å². The highest BCUT2D eigenvalue weighted by molar-refractivity contribution is 6.00. The average molecular weight is 610 g/mol. The predicted molar refractivity (Wildman–Crippen MR) is 158 cm³/mol. The second kappa shape index (κ2) is 15.1. The van der Waals surface area contributed by atoms with Crippen LogP contribution in [0, 0.1) is 0 Å². The monoisotopic (exact) mass is 609 g/mol. The largest absolute Gasteiger partial charge is 0.445 e. The van der Waals surface area contributed by atoms with Crippen molar-refractivity contribution in [2.24, 2.45) is 5.73 Å². The summed E-state index contributed by atoms with van der Waals surface area (Å²) >= 11 is 0. The first-order chi connectivity index (χ1) is 20.7. The van der Waals surface area contributed by atoms with Gasteiger partial charge in [0.25, 0.3) is 5.91 Å². The zero-order chi connectivity index (χ0) is 32.4. The first kappa shape index (κ1) is 33.7. The number of hydrogen-bond donors (Lipinski definition) is 5. The number of carbonyl (C=O) groups excluding carboxylic acids is 6. The topological polar surface area (TPSA) is 197 Å². The van der Waals surface area contributed by atoms with Crippen LogP contribution in [-0.4, -0.2) is 81.8 Å². The van der Waals surface area contributed by atoms with Gasteiger partial charge in [-0.3, -0.25) is 24.0 Å². The van der Waals surface area contributed by atoms with Crippen LogP contribution in [0.2, 0.25) is 0 Å². The fraction of sp³-hybridized carbons (Fsp3) is 0.419. The van der Waals surface area contributed by atoms with E-state index in [0.29, 0.717) is 11.1 Å². The fourth-order valence-electron chi connectivity index (χ4n) is 4.66. The summed E-state index contributed by atoms with van der Waals surface area (Å²) in [7, 11) is 0. The van der Waals surface area contributed by atoms with E-state index in [1.54, 1.807) is 81.4 Å². The van der Waals surface area contributed by atoms with Crippen LogP contribution >= 0.6 is 0 Å². The summed E-state index contributed by atoms with van der Waals surface area (Å²) < 4.78 is 5.16. The summed E-state index contributed by atoms with van der Waals surface area (Å²) in [5.74, 6) is -3.65. The summed E-state index contributed by atoms with van der Waals surface area (Å²) in [5.41, 5.74) is 6.03. The SMILES string of the molecule is CC(C)(C)NC(=O)[C@@H]1CC(=O)CN1C(=O)[C@@H](O)[C@H](Cc1ccccc1)NC(=O)[C@H](CC(N)=O)NC(=O)OCc1ccccc1. The van der Waals surface area contributed by atoms with E-state index >= 15 is 0 Å². The van der Waals surface area contributed by atoms with Crippen molar-refractivity contribution in [3.05, 3.63) is 71.8 Å². The maximum atomic E-state index is 13.6. The molecule has 3 rings (SSSR count). The molecule has 44 heavy (non-hydrogen) atoms. The summed E-state index contributed by atoms with van der Waals surface area (Å²) in [6.07, 6.45) is -3.73. The second-order valence-electron chi connectivity index (χ2n) is 11.6. The third-order valence-corrected chi connectivity index (χ3v) is 6.71. The molecule has 1 aliphatic rings. The van der Waals surface area contributed by atoms with Gasteiger partial charge in [-0.15, -0.1) is 0 Å². The molecule has 0 bridgehead atoms. The van der Waals surface area contributed by atoms with Crippen LogP contribution in [0.1, 0.15) is 44.7 Å². The van der Waals surface area contributed by atoms with Crippen molar-refractivity contribution in [3.63, 3.8) is 0 Å². The van der Waals surface area contributed by atoms with Crippen LogP contribution < -0.4 is 21.7 Å². The number of ether oxygens (including phenoxy) is 1. The highest BCUT2D eigenvalue weighted by Gasteiger charge is 2.43. The molecule has 4 atom stereocenters. The number of aliphatic hydroxyl groups is 1. The Labute approximate surface area is 255 Å². The number of ketones is 1. The van der Waals surface area contributed by atoms with Gasteiger partial charge in [0.2, 0.25) is 17.7 Å². The lowest BCUT2D eigenvalue weighted by atomic mass is 9.99. The zero-order valence-corrected chi connectivity index (χ0v) is 24.9. The van der Waals surface area contributed by atoms with E-state index in [0.717, 1.165) is 4.90 Å². The van der Waals surface area contributed by atoms with E-state index in [2.05, 4.69) is 16.0 Å². The van der Waals surface area contributed by atoms with Crippen LogP contribution in [0.3, 0.4) is 0 Å². The molecule has 5 amide bonds. The third-order valence-electron chi connectivity index (χ3n) is 6.71. The minimum atomic E-state index is -1.89. The first-order valence-corrected chi connectivity index (χ1v) is 14.2. The third kappa shape index (κ3) is 10.2. The standard InChI is InChI=1S/C31H39N5O8/c1-31(2,3)35-28(41)24-15-21(37)17-36(24)29(42)26(39)22(14-19-10-6-4-7-11-19)33-27(40)23(16-25(32)38)34-30(43)44-18-20-12-8-5-9-13-20/h4-13,22-24,26,39H,14-18H2,1-3H3,(H2,32,38)(H,33,40)(H,34,43)(H,35,41)/t22-,23-,24-,26-/m0/s1. The van der Waals surface area contributed by atoms with E-state index in [9.17, 15) is 33.9 Å². The summed E-state index contributed by atoms with van der Waals surface area (Å²) in [6.45, 7) is 4.77. The molecule has 0 aromatic heterocycles. The van der Waals surface area contributed by atoms with Gasteiger partial charge in [-0.1, -0.05) is 60.7 Å². The lowest BCUT2D eigenvalue weighted by molar-refractivity contribution is -0.147. The van der Waals surface area contributed by atoms with Gasteiger partial charge in [-0.05, 0) is 38.3 Å². The zero-order valence-electron chi connectivity index (χ0n) is 24.9. The van der Waals surface area contributed by atoms with Crippen molar-refractivity contribution < 1.29 is 38.6 Å². The average Bonchev–Trinajstić information content (AvgIpc) is 3.36. The maximum Gasteiger partial charge on any atom is 0.408 e. The Morgan fingerprint density at radius 3 is 2.14 bits per heavy atom. The highest BCUT2D eigenvalue weighted by Crippen LogP contribution is 2.19. The fourth-order valence-corrected chi connectivity index (χ4v) is 4.66. The molecule has 1 saturated heterocycles. The Balaban J connectivity index is 1.79. The van der Waals surface area contributed by atoms with Crippen LogP contribution in [0.15, 0.2) is 60.7 Å². The number of carbonyl (C=O) groups is 6. The minimum absolute atomic E-state index is 0.0398. The molecule has 6 N–H and O–H groups in total. The van der Waals surface area contributed by atoms with Crippen LogP contribution in [0.5, 0.6) is 0 Å². The van der Waals surface area contributed by atoms with Crippen molar-refractivity contribution in [1.82, 2.24) is 20.9 Å². The van der Waals surface area contributed by atoms with Gasteiger partial charge in [-0.2, -0.15) is 0 Å². The summed E-state index contributed by atoms with van der Waals surface area (Å²) in [5, 5.41) is 18.9. The van der Waals surface area contributed by atoms with Crippen molar-refractivity contribution >= 4 is 35.5 Å². The Morgan fingerprint density at radius 2 is 1.57 bits per heavy atom. The number of nitrogens with two attached hydrogens (primary N) is 1. The lowest BCUT2D eigenvalue weighted by Crippen LogP contribution is -2.59. The minimum Gasteiger partial charge on any atom is -0.445 e. The number of aliphatic hydroxyl groups excluding tert-OH is 1. The Morgan fingerprint density at radius 1 is 0.977 bits per heavy atom. The van der Waals surface area contributed by atoms with Crippen LogP contribution in [-0.2, 0) is 41.7 Å². The van der Waals surface area contributed by atoms with Crippen molar-refractivity contribution in [1.29, 1.82) is 0 Å². The highest BCUT2D eigenvalue weighted by atomic mass is 16.5. The maximum absolute atomic E-state index is 13.6. The molecule has 2 aromatic rings. The molecule has 1 fully saturated rings. The van der Waals surface area contributed by atoms with E-state index in [4.69, 9.17) is 10.5 Å². The van der Waals surface area contributed by atoms with Crippen molar-refractivity contribution in [3.8, 4) is 0 Å². The van der Waals surface area contributed by atoms with Crippen molar-refractivity contribution in [2.75, 3.05) is 6.54 Å². The molecule has 0 aliphatic carbocycles. The number of alkyl carbamates (subject to hydrolysis) is 1. The molecule has 13 nitrogen and oxygen atoms in total. The number of Topliss-reactive ketones (excluding diaryl/α,β-unsaturated/α-hetero) is 1. The normalized spacial score (nSPS) is 16.8. The van der Waals surface area contributed by atoms with E-state index in [-0.39, 0.29) is 31.8 Å². The number of benzene rings is 2. The molecule has 1 heterocycles. The molecule has 236 valence electrons. The van der Waals surface area contributed by atoms with Crippen molar-refractivity contribution in [2.45, 2.75) is 76.4 Å². The first-order valence-electron chi connectivity index (χ1n) is 14.2. The molecular formula is C31H39N5O8. The van der Waals surface area contributed by atoms with Gasteiger partial charge >= 0.3 is 6.09 Å². The Kier molecular flexibility index (Phi) is 11.6. The molecule has 0 radical (unpaired) electrons. The number of likely N-dealkylation sites (tertiary alicyclic amines) is 1. The molecule has 1 aliphatic heterocycles. The van der Waals surface area contributed by atoms with Gasteiger partial charge in [0.1, 0.15) is 18.7 Å². The number of nitrogens with zero attached hydrogens (tertiary/aromatic N) is 1. The van der Waals surface area contributed by atoms with E-state index in [1.165, 1.54) is 0 Å². The smallest absolute Gasteiger partial charge is 0.408 e. The quantitative estimate of drug-likeness (QED) is 0.227. The molecule has 0 spiro atoms.